The van der Waals surface area contributed by atoms with Gasteiger partial charge in [0.1, 0.15) is 12.2 Å². The first-order valence-electron chi connectivity index (χ1n) is 7.24. The van der Waals surface area contributed by atoms with Gasteiger partial charge in [-0.15, -0.1) is 0 Å². The molecule has 2 heterocycles. The Bertz CT molecular complexity index is 529. The lowest BCUT2D eigenvalue weighted by Crippen LogP contribution is -2.25. The molecule has 1 unspecified atom stereocenters. The monoisotopic (exact) mass is 292 g/mol. The van der Waals surface area contributed by atoms with Crippen molar-refractivity contribution in [2.24, 2.45) is 5.92 Å². The van der Waals surface area contributed by atoms with Gasteiger partial charge in [0.05, 0.1) is 0 Å². The van der Waals surface area contributed by atoms with Crippen LogP contribution in [-0.4, -0.2) is 21.3 Å². The third-order valence-electron chi connectivity index (χ3n) is 3.34. The lowest BCUT2D eigenvalue weighted by Gasteiger charge is -2.18. The predicted molar refractivity (Wildman–Crippen MR) is 84.0 cm³/mol. The van der Waals surface area contributed by atoms with Gasteiger partial charge in [0.15, 0.2) is 0 Å². The van der Waals surface area contributed by atoms with E-state index in [0.717, 1.165) is 25.3 Å². The van der Waals surface area contributed by atoms with Gasteiger partial charge in [-0.05, 0) is 41.3 Å². The zero-order valence-electron chi connectivity index (χ0n) is 12.8. The van der Waals surface area contributed by atoms with Crippen LogP contribution in [0.2, 0.25) is 0 Å². The van der Waals surface area contributed by atoms with Crippen LogP contribution in [0.1, 0.15) is 43.8 Å². The van der Waals surface area contributed by atoms with Crippen molar-refractivity contribution in [3.05, 3.63) is 34.0 Å². The summed E-state index contributed by atoms with van der Waals surface area (Å²) in [5, 5.41) is 12.4. The zero-order valence-corrected chi connectivity index (χ0v) is 13.6. The molecule has 0 aliphatic heterocycles. The minimum Gasteiger partial charge on any atom is -0.310 e. The van der Waals surface area contributed by atoms with E-state index >= 15 is 0 Å². The summed E-state index contributed by atoms with van der Waals surface area (Å²) in [7, 11) is 0. The number of aryl methyl sites for hydroxylation is 1. The number of hydrogen-bond donors (Lipinski definition) is 1. The fourth-order valence-electron chi connectivity index (χ4n) is 2.39. The highest BCUT2D eigenvalue weighted by atomic mass is 32.1. The Hall–Kier alpha value is -1.20. The molecule has 1 N–H and O–H groups in total. The molecule has 2 aromatic heterocycles. The minimum atomic E-state index is 0.321. The highest BCUT2D eigenvalue weighted by molar-refractivity contribution is 7.08. The fourth-order valence-corrected chi connectivity index (χ4v) is 3.30. The van der Waals surface area contributed by atoms with Crippen LogP contribution >= 0.6 is 11.3 Å². The maximum Gasteiger partial charge on any atom is 0.138 e. The van der Waals surface area contributed by atoms with E-state index in [9.17, 15) is 0 Å². The van der Waals surface area contributed by atoms with E-state index in [1.54, 1.807) is 17.7 Å². The van der Waals surface area contributed by atoms with E-state index < -0.39 is 0 Å². The normalized spacial score (nSPS) is 13.1. The molecule has 2 rings (SSSR count). The largest absolute Gasteiger partial charge is 0.310 e. The van der Waals surface area contributed by atoms with Gasteiger partial charge in [-0.25, -0.2) is 9.67 Å². The number of likely N-dealkylation sites (N-methyl/N-ethyl adjacent to an activating group) is 1. The van der Waals surface area contributed by atoms with Gasteiger partial charge >= 0.3 is 0 Å². The van der Waals surface area contributed by atoms with Gasteiger partial charge in [-0.2, -0.15) is 16.4 Å². The lowest BCUT2D eigenvalue weighted by atomic mass is 10.0. The summed E-state index contributed by atoms with van der Waals surface area (Å²) in [5.74, 6) is 1.64. The van der Waals surface area contributed by atoms with E-state index in [-0.39, 0.29) is 0 Å². The Balaban J connectivity index is 2.17. The molecule has 0 saturated carbocycles. The third kappa shape index (κ3) is 3.67. The van der Waals surface area contributed by atoms with Crippen LogP contribution in [0.25, 0.3) is 0 Å². The molecule has 0 saturated heterocycles. The lowest BCUT2D eigenvalue weighted by molar-refractivity contribution is 0.446. The van der Waals surface area contributed by atoms with Crippen LogP contribution in [0.4, 0.5) is 0 Å². The Kier molecular flexibility index (Phi) is 5.31. The van der Waals surface area contributed by atoms with Crippen LogP contribution in [0.15, 0.2) is 17.1 Å². The summed E-state index contributed by atoms with van der Waals surface area (Å²) in [6.07, 6.45) is 2.55. The SMILES string of the molecule is CCNC(Cc1ncnn1CC(C)C)c1cscc1C. The number of aromatic nitrogens is 3. The maximum atomic E-state index is 4.45. The van der Waals surface area contributed by atoms with Crippen molar-refractivity contribution in [2.75, 3.05) is 6.54 Å². The molecule has 1 atom stereocenters. The molecular formula is C15H24N4S. The molecule has 0 aromatic carbocycles. The molecule has 0 radical (unpaired) electrons. The zero-order chi connectivity index (χ0) is 14.5. The van der Waals surface area contributed by atoms with Crippen LogP contribution in [0, 0.1) is 12.8 Å². The number of nitrogens with one attached hydrogen (secondary N) is 1. The number of thiophene rings is 1. The van der Waals surface area contributed by atoms with Gasteiger partial charge in [0.25, 0.3) is 0 Å². The van der Waals surface area contributed by atoms with Crippen molar-refractivity contribution in [3.63, 3.8) is 0 Å². The Morgan fingerprint density at radius 3 is 2.75 bits per heavy atom. The summed E-state index contributed by atoms with van der Waals surface area (Å²) in [5.41, 5.74) is 2.74. The Morgan fingerprint density at radius 1 is 1.35 bits per heavy atom. The molecule has 0 fully saturated rings. The quantitative estimate of drug-likeness (QED) is 0.852. The highest BCUT2D eigenvalue weighted by Gasteiger charge is 2.17. The van der Waals surface area contributed by atoms with Gasteiger partial charge in [0, 0.05) is 19.0 Å². The number of hydrogen-bond acceptors (Lipinski definition) is 4. The Morgan fingerprint density at radius 2 is 2.15 bits per heavy atom. The van der Waals surface area contributed by atoms with E-state index in [0.29, 0.717) is 12.0 Å². The minimum absolute atomic E-state index is 0.321. The second-order valence-corrected chi connectivity index (χ2v) is 6.32. The van der Waals surface area contributed by atoms with E-state index in [4.69, 9.17) is 0 Å². The molecular weight excluding hydrogens is 268 g/mol. The van der Waals surface area contributed by atoms with Crippen molar-refractivity contribution in [3.8, 4) is 0 Å². The van der Waals surface area contributed by atoms with E-state index in [1.807, 2.05) is 4.68 Å². The second-order valence-electron chi connectivity index (χ2n) is 5.58. The van der Waals surface area contributed by atoms with E-state index in [2.05, 4.69) is 53.9 Å². The average Bonchev–Trinajstić information content (AvgIpc) is 2.98. The summed E-state index contributed by atoms with van der Waals surface area (Å²) < 4.78 is 2.04. The summed E-state index contributed by atoms with van der Waals surface area (Å²) in [6.45, 7) is 10.6. The van der Waals surface area contributed by atoms with Crippen molar-refractivity contribution in [1.29, 1.82) is 0 Å². The van der Waals surface area contributed by atoms with Crippen molar-refractivity contribution < 1.29 is 0 Å². The molecule has 0 aliphatic rings. The maximum absolute atomic E-state index is 4.45. The molecule has 4 nitrogen and oxygen atoms in total. The average molecular weight is 292 g/mol. The summed E-state index contributed by atoms with van der Waals surface area (Å²) in [4.78, 5) is 4.45. The van der Waals surface area contributed by atoms with Gasteiger partial charge in [0.2, 0.25) is 0 Å². The predicted octanol–water partition coefficient (Wildman–Crippen LogP) is 3.20. The van der Waals surface area contributed by atoms with Crippen LogP contribution < -0.4 is 5.32 Å². The summed E-state index contributed by atoms with van der Waals surface area (Å²) >= 11 is 1.77. The van der Waals surface area contributed by atoms with Gasteiger partial charge in [-0.1, -0.05) is 20.8 Å². The van der Waals surface area contributed by atoms with Crippen LogP contribution in [-0.2, 0) is 13.0 Å². The molecule has 20 heavy (non-hydrogen) atoms. The van der Waals surface area contributed by atoms with Crippen molar-refractivity contribution in [2.45, 2.75) is 46.7 Å². The first-order chi connectivity index (χ1) is 9.61. The van der Waals surface area contributed by atoms with Gasteiger partial charge < -0.3 is 5.32 Å². The van der Waals surface area contributed by atoms with Crippen LogP contribution in [0.5, 0.6) is 0 Å². The standard InChI is InChI=1S/C15H24N4S/c1-5-16-14(13-9-20-8-12(13)4)6-15-17-10-18-19(15)7-11(2)3/h8-11,14,16H,5-7H2,1-4H3. The molecule has 0 amide bonds. The van der Waals surface area contributed by atoms with Crippen LogP contribution in [0.3, 0.4) is 0 Å². The topological polar surface area (TPSA) is 42.7 Å². The number of nitrogens with zero attached hydrogens (tertiary/aromatic N) is 3. The third-order valence-corrected chi connectivity index (χ3v) is 4.22. The summed E-state index contributed by atoms with van der Waals surface area (Å²) in [6, 6.07) is 0.321. The first kappa shape index (κ1) is 15.2. The molecule has 0 aliphatic carbocycles. The molecule has 5 heteroatoms. The molecule has 2 aromatic rings. The van der Waals surface area contributed by atoms with Crippen molar-refractivity contribution >= 4 is 11.3 Å². The molecule has 0 bridgehead atoms. The van der Waals surface area contributed by atoms with Crippen molar-refractivity contribution in [1.82, 2.24) is 20.1 Å². The number of rotatable bonds is 7. The first-order valence-corrected chi connectivity index (χ1v) is 8.18. The van der Waals surface area contributed by atoms with E-state index in [1.165, 1.54) is 11.1 Å². The Labute approximate surface area is 125 Å². The smallest absolute Gasteiger partial charge is 0.138 e. The second kappa shape index (κ2) is 6.99. The highest BCUT2D eigenvalue weighted by Crippen LogP contribution is 2.24. The molecule has 0 spiro atoms. The fraction of sp³-hybridized carbons (Fsp3) is 0.600. The van der Waals surface area contributed by atoms with Gasteiger partial charge in [-0.3, -0.25) is 0 Å². The molecule has 110 valence electrons.